The number of carbonyl (C=O) groups is 3. The Balaban J connectivity index is 2.60. The molecule has 0 aliphatic heterocycles. The smallest absolute Gasteiger partial charge is 0.314 e. The minimum Gasteiger partial charge on any atom is -0.465 e. The number of carbonyl (C=O) groups excluding carboxylic acids is 3. The van der Waals surface area contributed by atoms with Crippen LogP contribution in [0.2, 0.25) is 0 Å². The van der Waals surface area contributed by atoms with E-state index in [1.165, 1.54) is 0 Å². The van der Waals surface area contributed by atoms with Crippen molar-refractivity contribution < 1.29 is 23.7 Å². The zero-order valence-electron chi connectivity index (χ0n) is 21.0. The summed E-state index contributed by atoms with van der Waals surface area (Å²) in [6.45, 7) is 15.0. The molecule has 0 aromatic heterocycles. The largest absolute Gasteiger partial charge is 0.465 e. The maximum Gasteiger partial charge on any atom is 0.314 e. The van der Waals surface area contributed by atoms with Crippen LogP contribution in [0.25, 0.3) is 0 Å². The zero-order valence-corrected chi connectivity index (χ0v) is 21.9. The van der Waals surface area contributed by atoms with Crippen LogP contribution in [0.15, 0.2) is 24.3 Å². The normalized spacial score (nSPS) is 11.5. The summed E-state index contributed by atoms with van der Waals surface area (Å²) in [5.74, 6) is -0.464. The fourth-order valence-corrected chi connectivity index (χ4v) is 6.62. The van der Waals surface area contributed by atoms with Gasteiger partial charge in [0.2, 0.25) is 18.2 Å². The van der Waals surface area contributed by atoms with Crippen molar-refractivity contribution in [3.63, 3.8) is 0 Å². The highest BCUT2D eigenvalue weighted by atomic mass is 31.2. The van der Waals surface area contributed by atoms with Crippen LogP contribution in [0.3, 0.4) is 0 Å². The summed E-state index contributed by atoms with van der Waals surface area (Å²) in [5, 5.41) is 0. The van der Waals surface area contributed by atoms with Crippen LogP contribution in [0.4, 0.5) is 0 Å². The van der Waals surface area contributed by atoms with Gasteiger partial charge < -0.3 is 9.30 Å². The Hall–Kier alpha value is -2.52. The lowest BCUT2D eigenvalue weighted by molar-refractivity contribution is -0.140. The van der Waals surface area contributed by atoms with Crippen molar-refractivity contribution in [2.45, 2.75) is 61.8 Å². The molecule has 0 aliphatic rings. The lowest BCUT2D eigenvalue weighted by Gasteiger charge is -2.20. The third-order valence-corrected chi connectivity index (χ3v) is 8.21. The van der Waals surface area contributed by atoms with Crippen molar-refractivity contribution in [3.05, 3.63) is 68.8 Å². The Morgan fingerprint density at radius 3 is 1.45 bits per heavy atom. The Morgan fingerprint density at radius 1 is 0.758 bits per heavy atom. The van der Waals surface area contributed by atoms with Crippen LogP contribution >= 0.6 is 7.14 Å². The van der Waals surface area contributed by atoms with Crippen molar-refractivity contribution >= 4 is 24.2 Å². The van der Waals surface area contributed by atoms with Gasteiger partial charge in [-0.3, -0.25) is 14.4 Å². The van der Waals surface area contributed by atoms with Crippen molar-refractivity contribution in [3.8, 4) is 0 Å². The number of ether oxygens (including phenoxy) is 1. The fraction of sp³-hybridized carbons (Fsp3) is 0.444. The third-order valence-electron chi connectivity index (χ3n) is 5.75. The molecule has 0 aliphatic carbocycles. The first kappa shape index (κ1) is 26.7. The molecule has 0 saturated heterocycles. The second-order valence-electron chi connectivity index (χ2n) is 9.46. The van der Waals surface area contributed by atoms with Crippen molar-refractivity contribution in [1.82, 2.24) is 0 Å². The Kier molecular flexibility index (Phi) is 8.59. The van der Waals surface area contributed by atoms with Gasteiger partial charge in [0.15, 0.2) is 0 Å². The number of aryl methyl sites for hydroxylation is 6. The van der Waals surface area contributed by atoms with Crippen LogP contribution < -0.4 is 0 Å². The highest BCUT2D eigenvalue weighted by Crippen LogP contribution is 2.53. The van der Waals surface area contributed by atoms with Gasteiger partial charge in [0.05, 0.1) is 6.61 Å². The Labute approximate surface area is 197 Å². The number of hydrogen-bond donors (Lipinski definition) is 0. The molecule has 2 aromatic carbocycles. The van der Waals surface area contributed by atoms with Gasteiger partial charge in [0.1, 0.15) is 6.16 Å². The third kappa shape index (κ3) is 6.09. The molecule has 2 rings (SSSR count). The van der Waals surface area contributed by atoms with E-state index in [4.69, 9.17) is 4.74 Å². The molecular formula is C27H35O5P. The summed E-state index contributed by atoms with van der Waals surface area (Å²) >= 11 is 0. The maximum atomic E-state index is 14.3. The van der Waals surface area contributed by atoms with Gasteiger partial charge in [-0.2, -0.15) is 0 Å². The first-order chi connectivity index (χ1) is 15.3. The summed E-state index contributed by atoms with van der Waals surface area (Å²) in [5.41, 5.74) is 3.40. The van der Waals surface area contributed by atoms with Crippen molar-refractivity contribution in [1.29, 1.82) is 0 Å². The lowest BCUT2D eigenvalue weighted by atomic mass is 10.0. The predicted molar refractivity (Wildman–Crippen MR) is 133 cm³/mol. The summed E-state index contributed by atoms with van der Waals surface area (Å²) in [6, 6.07) is 7.27. The standard InChI is InChI=1S/C27H35O5P/c1-16(2)9-10-32-23(28)15-33(31,26(29)24-19(5)11-17(3)12-20(24)6)27(30)25-21(7)13-18(4)14-22(25)8/h11-14,16H,9-10,15H2,1-8H3. The van der Waals surface area contributed by atoms with E-state index in [1.54, 1.807) is 27.7 Å². The van der Waals surface area contributed by atoms with Gasteiger partial charge >= 0.3 is 5.97 Å². The molecule has 0 N–H and O–H groups in total. The lowest BCUT2D eigenvalue weighted by Crippen LogP contribution is -2.22. The van der Waals surface area contributed by atoms with Crippen LogP contribution in [0, 0.1) is 47.5 Å². The second-order valence-corrected chi connectivity index (χ2v) is 12.1. The monoisotopic (exact) mass is 470 g/mol. The number of benzene rings is 2. The summed E-state index contributed by atoms with van der Waals surface area (Å²) in [4.78, 5) is 40.2. The second kappa shape index (κ2) is 10.6. The maximum absolute atomic E-state index is 14.3. The molecule has 0 bridgehead atoms. The summed E-state index contributed by atoms with van der Waals surface area (Å²) in [6.07, 6.45) is -0.0907. The van der Waals surface area contributed by atoms with Crippen LogP contribution in [-0.4, -0.2) is 29.8 Å². The zero-order chi connectivity index (χ0) is 25.1. The molecule has 0 spiro atoms. The van der Waals surface area contributed by atoms with Crippen LogP contribution in [0.5, 0.6) is 0 Å². The van der Waals surface area contributed by atoms with Gasteiger partial charge in [-0.25, -0.2) is 0 Å². The van der Waals surface area contributed by atoms with Gasteiger partial charge in [-0.15, -0.1) is 0 Å². The van der Waals surface area contributed by atoms with Gasteiger partial charge in [-0.1, -0.05) is 49.2 Å². The van der Waals surface area contributed by atoms with Gasteiger partial charge in [-0.05, 0) is 76.1 Å². The fourth-order valence-electron chi connectivity index (χ4n) is 4.27. The Bertz CT molecular complexity index is 1020. The van der Waals surface area contributed by atoms with Crippen LogP contribution in [-0.2, 0) is 14.1 Å². The van der Waals surface area contributed by atoms with Crippen molar-refractivity contribution in [2.75, 3.05) is 12.8 Å². The quantitative estimate of drug-likeness (QED) is 0.310. The van der Waals surface area contributed by atoms with E-state index >= 15 is 0 Å². The number of esters is 1. The molecule has 178 valence electrons. The van der Waals surface area contributed by atoms with E-state index in [0.29, 0.717) is 34.6 Å². The highest BCUT2D eigenvalue weighted by molar-refractivity contribution is 7.96. The van der Waals surface area contributed by atoms with Crippen LogP contribution in [0.1, 0.15) is 74.4 Å². The predicted octanol–water partition coefficient (Wildman–Crippen LogP) is 6.47. The molecule has 0 heterocycles. The molecule has 2 aromatic rings. The minimum absolute atomic E-state index is 0.157. The van der Waals surface area contributed by atoms with Crippen molar-refractivity contribution in [2.24, 2.45) is 5.92 Å². The molecule has 6 heteroatoms. The molecule has 0 saturated carbocycles. The van der Waals surface area contributed by atoms with E-state index in [-0.39, 0.29) is 17.7 Å². The molecule has 0 fully saturated rings. The first-order valence-corrected chi connectivity index (χ1v) is 13.2. The molecule has 0 unspecified atom stereocenters. The molecule has 0 radical (unpaired) electrons. The number of rotatable bonds is 9. The summed E-state index contributed by atoms with van der Waals surface area (Å²) < 4.78 is 19.6. The SMILES string of the molecule is Cc1cc(C)c(C(=O)P(=O)(CC(=O)OCCC(C)C)C(=O)c2c(C)cc(C)cc2C)c(C)c1. The van der Waals surface area contributed by atoms with E-state index in [1.807, 2.05) is 52.0 Å². The molecule has 5 nitrogen and oxygen atoms in total. The average molecular weight is 471 g/mol. The van der Waals surface area contributed by atoms with E-state index < -0.39 is 30.3 Å². The van der Waals surface area contributed by atoms with Gasteiger partial charge in [0, 0.05) is 11.1 Å². The number of hydrogen-bond acceptors (Lipinski definition) is 5. The Morgan fingerprint density at radius 2 is 1.12 bits per heavy atom. The van der Waals surface area contributed by atoms with Gasteiger partial charge in [0.25, 0.3) is 0 Å². The highest BCUT2D eigenvalue weighted by Gasteiger charge is 2.45. The molecule has 33 heavy (non-hydrogen) atoms. The minimum atomic E-state index is -4.36. The van der Waals surface area contributed by atoms with E-state index in [2.05, 4.69) is 0 Å². The molecule has 0 amide bonds. The first-order valence-electron chi connectivity index (χ1n) is 11.3. The van der Waals surface area contributed by atoms with E-state index in [0.717, 1.165) is 11.1 Å². The topological polar surface area (TPSA) is 77.5 Å². The molecular weight excluding hydrogens is 435 g/mol. The average Bonchev–Trinajstić information content (AvgIpc) is 2.65. The summed E-state index contributed by atoms with van der Waals surface area (Å²) in [7, 11) is -4.36. The van der Waals surface area contributed by atoms with E-state index in [9.17, 15) is 18.9 Å². The molecule has 0 atom stereocenters.